The van der Waals surface area contributed by atoms with Gasteiger partial charge in [0.05, 0.1) is 10.7 Å². The fourth-order valence-corrected chi connectivity index (χ4v) is 2.04. The predicted molar refractivity (Wildman–Crippen MR) is 55.4 cm³/mol. The van der Waals surface area contributed by atoms with Crippen LogP contribution in [0.2, 0.25) is 5.02 Å². The minimum Gasteiger partial charge on any atom is -0.406 e. The molecule has 2 nitrogen and oxygen atoms in total. The standard InChI is InChI=1S/C8H6BrClF3NO/c1-14-7-5(9)2-4(3-6(7)10)15-8(11,12)13/h2-3,14H,1H3. The Balaban J connectivity index is 3.04. The summed E-state index contributed by atoms with van der Waals surface area (Å²) < 4.78 is 39.8. The maximum absolute atomic E-state index is 11.9. The lowest BCUT2D eigenvalue weighted by atomic mass is 10.3. The number of alkyl halides is 3. The molecule has 0 saturated heterocycles. The van der Waals surface area contributed by atoms with Gasteiger partial charge in [-0.2, -0.15) is 0 Å². The van der Waals surface area contributed by atoms with Crippen LogP contribution in [0.15, 0.2) is 16.6 Å². The van der Waals surface area contributed by atoms with Crippen molar-refractivity contribution in [3.63, 3.8) is 0 Å². The van der Waals surface area contributed by atoms with Crippen molar-refractivity contribution < 1.29 is 17.9 Å². The van der Waals surface area contributed by atoms with Crippen LogP contribution in [0.3, 0.4) is 0 Å². The third kappa shape index (κ3) is 3.46. The molecular weight excluding hydrogens is 298 g/mol. The normalized spacial score (nSPS) is 11.3. The minimum absolute atomic E-state index is 0.145. The number of rotatable bonds is 2. The Kier molecular flexibility index (Phi) is 3.72. The molecular formula is C8H6BrClF3NO. The van der Waals surface area contributed by atoms with E-state index in [1.807, 2.05) is 0 Å². The fourth-order valence-electron chi connectivity index (χ4n) is 0.981. The van der Waals surface area contributed by atoms with E-state index in [0.717, 1.165) is 6.07 Å². The highest BCUT2D eigenvalue weighted by Crippen LogP contribution is 2.36. The summed E-state index contributed by atoms with van der Waals surface area (Å²) in [6.07, 6.45) is -4.72. The first-order chi connectivity index (χ1) is 6.83. The topological polar surface area (TPSA) is 21.3 Å². The van der Waals surface area contributed by atoms with Gasteiger partial charge >= 0.3 is 6.36 Å². The SMILES string of the molecule is CNc1c(Cl)cc(OC(F)(F)F)cc1Br. The average molecular weight is 304 g/mol. The molecule has 0 aliphatic carbocycles. The third-order valence-electron chi connectivity index (χ3n) is 1.50. The molecule has 7 heteroatoms. The van der Waals surface area contributed by atoms with Gasteiger partial charge in [-0.3, -0.25) is 0 Å². The van der Waals surface area contributed by atoms with Gasteiger partial charge in [0, 0.05) is 17.6 Å². The van der Waals surface area contributed by atoms with Gasteiger partial charge in [-0.05, 0) is 22.0 Å². The van der Waals surface area contributed by atoms with Crippen LogP contribution in [0, 0.1) is 0 Å². The number of anilines is 1. The molecule has 0 aliphatic heterocycles. The molecule has 0 saturated carbocycles. The van der Waals surface area contributed by atoms with Crippen LogP contribution in [0.4, 0.5) is 18.9 Å². The summed E-state index contributed by atoms with van der Waals surface area (Å²) >= 11 is 8.80. The van der Waals surface area contributed by atoms with Gasteiger partial charge in [-0.1, -0.05) is 11.6 Å². The highest BCUT2D eigenvalue weighted by atomic mass is 79.9. The zero-order chi connectivity index (χ0) is 11.6. The average Bonchev–Trinajstić information content (AvgIpc) is 1.99. The molecule has 0 atom stereocenters. The zero-order valence-corrected chi connectivity index (χ0v) is 9.79. The monoisotopic (exact) mass is 303 g/mol. The maximum atomic E-state index is 11.9. The summed E-state index contributed by atoms with van der Waals surface area (Å²) in [6, 6.07) is 2.27. The Labute approximate surface area is 97.5 Å². The predicted octanol–water partition coefficient (Wildman–Crippen LogP) is 4.04. The lowest BCUT2D eigenvalue weighted by Crippen LogP contribution is -2.17. The van der Waals surface area contributed by atoms with Gasteiger partial charge in [-0.15, -0.1) is 13.2 Å². The molecule has 0 aromatic heterocycles. The Morgan fingerprint density at radius 1 is 1.40 bits per heavy atom. The van der Waals surface area contributed by atoms with E-state index >= 15 is 0 Å². The number of hydrogen-bond donors (Lipinski definition) is 1. The molecule has 0 radical (unpaired) electrons. The molecule has 0 spiro atoms. The first kappa shape index (κ1) is 12.4. The maximum Gasteiger partial charge on any atom is 0.573 e. The first-order valence-electron chi connectivity index (χ1n) is 3.76. The summed E-state index contributed by atoms with van der Waals surface area (Å²) in [6.45, 7) is 0. The second-order valence-corrected chi connectivity index (χ2v) is 3.82. The molecule has 1 aromatic rings. The minimum atomic E-state index is -4.72. The van der Waals surface area contributed by atoms with Crippen LogP contribution in [0.1, 0.15) is 0 Å². The molecule has 0 aliphatic rings. The van der Waals surface area contributed by atoms with E-state index in [1.54, 1.807) is 7.05 Å². The van der Waals surface area contributed by atoms with Gasteiger partial charge in [0.2, 0.25) is 0 Å². The van der Waals surface area contributed by atoms with Crippen molar-refractivity contribution >= 4 is 33.2 Å². The second-order valence-electron chi connectivity index (χ2n) is 2.56. The Hall–Kier alpha value is -0.620. The Morgan fingerprint density at radius 2 is 2.00 bits per heavy atom. The smallest absolute Gasteiger partial charge is 0.406 e. The van der Waals surface area contributed by atoms with Gasteiger partial charge < -0.3 is 10.1 Å². The van der Waals surface area contributed by atoms with Gasteiger partial charge in [-0.25, -0.2) is 0 Å². The quantitative estimate of drug-likeness (QED) is 0.890. The van der Waals surface area contributed by atoms with Crippen LogP contribution in [-0.4, -0.2) is 13.4 Å². The van der Waals surface area contributed by atoms with E-state index in [2.05, 4.69) is 26.0 Å². The van der Waals surface area contributed by atoms with Gasteiger partial charge in [0.1, 0.15) is 5.75 Å². The molecule has 0 fully saturated rings. The molecule has 15 heavy (non-hydrogen) atoms. The number of nitrogens with one attached hydrogen (secondary N) is 1. The van der Waals surface area contributed by atoms with Crippen molar-refractivity contribution in [2.75, 3.05) is 12.4 Å². The fraction of sp³-hybridized carbons (Fsp3) is 0.250. The van der Waals surface area contributed by atoms with Crippen LogP contribution < -0.4 is 10.1 Å². The molecule has 84 valence electrons. The number of halogens is 5. The number of hydrogen-bond acceptors (Lipinski definition) is 2. The summed E-state index contributed by atoms with van der Waals surface area (Å²) in [5.74, 6) is -0.363. The van der Waals surface area contributed by atoms with Crippen molar-refractivity contribution in [2.24, 2.45) is 0 Å². The van der Waals surface area contributed by atoms with Crippen LogP contribution in [0.25, 0.3) is 0 Å². The van der Waals surface area contributed by atoms with Crippen LogP contribution >= 0.6 is 27.5 Å². The Bertz CT molecular complexity index is 346. The summed E-state index contributed by atoms with van der Waals surface area (Å²) in [5, 5.41) is 2.88. The Morgan fingerprint density at radius 3 is 2.40 bits per heavy atom. The highest BCUT2D eigenvalue weighted by molar-refractivity contribution is 9.10. The van der Waals surface area contributed by atoms with Crippen LogP contribution in [0.5, 0.6) is 5.75 Å². The molecule has 1 aromatic carbocycles. The highest BCUT2D eigenvalue weighted by Gasteiger charge is 2.31. The summed E-state index contributed by atoms with van der Waals surface area (Å²) in [4.78, 5) is 0. The van der Waals surface area contributed by atoms with E-state index in [4.69, 9.17) is 11.6 Å². The largest absolute Gasteiger partial charge is 0.573 e. The lowest BCUT2D eigenvalue weighted by Gasteiger charge is -2.12. The van der Waals surface area contributed by atoms with Gasteiger partial charge in [0.15, 0.2) is 0 Å². The zero-order valence-electron chi connectivity index (χ0n) is 7.45. The molecule has 1 rings (SSSR count). The van der Waals surface area contributed by atoms with E-state index in [1.165, 1.54) is 6.07 Å². The molecule has 1 N–H and O–H groups in total. The second kappa shape index (κ2) is 4.49. The molecule has 0 bridgehead atoms. The molecule has 0 amide bonds. The molecule has 0 heterocycles. The van der Waals surface area contributed by atoms with Crippen molar-refractivity contribution in [3.05, 3.63) is 21.6 Å². The number of ether oxygens (including phenoxy) is 1. The summed E-state index contributed by atoms with van der Waals surface area (Å²) in [5.41, 5.74) is 0.506. The molecule has 0 unspecified atom stereocenters. The van der Waals surface area contributed by atoms with Crippen molar-refractivity contribution in [3.8, 4) is 5.75 Å². The van der Waals surface area contributed by atoms with E-state index in [9.17, 15) is 13.2 Å². The van der Waals surface area contributed by atoms with Crippen molar-refractivity contribution in [1.82, 2.24) is 0 Å². The third-order valence-corrected chi connectivity index (χ3v) is 2.42. The van der Waals surface area contributed by atoms with E-state index in [0.29, 0.717) is 10.2 Å². The van der Waals surface area contributed by atoms with E-state index < -0.39 is 6.36 Å². The van der Waals surface area contributed by atoms with Crippen molar-refractivity contribution in [1.29, 1.82) is 0 Å². The van der Waals surface area contributed by atoms with Crippen molar-refractivity contribution in [2.45, 2.75) is 6.36 Å². The van der Waals surface area contributed by atoms with Gasteiger partial charge in [0.25, 0.3) is 0 Å². The van der Waals surface area contributed by atoms with E-state index in [-0.39, 0.29) is 10.8 Å². The number of benzene rings is 1. The first-order valence-corrected chi connectivity index (χ1v) is 4.93. The lowest BCUT2D eigenvalue weighted by molar-refractivity contribution is -0.274. The summed E-state index contributed by atoms with van der Waals surface area (Å²) in [7, 11) is 1.61. The van der Waals surface area contributed by atoms with Crippen LogP contribution in [-0.2, 0) is 0 Å².